The van der Waals surface area contributed by atoms with Crippen LogP contribution in [0.3, 0.4) is 0 Å². The molecule has 1 amide bonds. The standard InChI is InChI=1S/C15H22N2O5S2/c1-10(24(20,21)11-4-6-22-7-5-11)13(19)17-14-16-12(8-23-14)15(2,3)9-18/h8,11,18H,1,4-7,9H2,2-3H3,(H,16,17,19). The number of hydrogen-bond donors (Lipinski definition) is 2. The van der Waals surface area contributed by atoms with Gasteiger partial charge in [0.1, 0.15) is 4.91 Å². The fourth-order valence-electron chi connectivity index (χ4n) is 2.21. The number of amides is 1. The van der Waals surface area contributed by atoms with E-state index in [0.717, 1.165) is 0 Å². The first-order valence-electron chi connectivity index (χ1n) is 7.57. The Morgan fingerprint density at radius 3 is 2.71 bits per heavy atom. The maximum Gasteiger partial charge on any atom is 0.268 e. The third kappa shape index (κ3) is 4.02. The summed E-state index contributed by atoms with van der Waals surface area (Å²) in [5, 5.41) is 13.2. The van der Waals surface area contributed by atoms with E-state index >= 15 is 0 Å². The fourth-order valence-corrected chi connectivity index (χ4v) is 4.63. The van der Waals surface area contributed by atoms with E-state index < -0.39 is 31.3 Å². The molecule has 0 bridgehead atoms. The maximum atomic E-state index is 12.5. The number of anilines is 1. The van der Waals surface area contributed by atoms with Crippen LogP contribution < -0.4 is 5.32 Å². The van der Waals surface area contributed by atoms with E-state index in [9.17, 15) is 18.3 Å². The SMILES string of the molecule is C=C(C(=O)Nc1nc(C(C)(C)CO)cs1)S(=O)(=O)C1CCOCC1. The summed E-state index contributed by atoms with van der Waals surface area (Å²) in [4.78, 5) is 16.0. The van der Waals surface area contributed by atoms with Crippen LogP contribution in [-0.2, 0) is 24.8 Å². The number of nitrogens with zero attached hydrogens (tertiary/aromatic N) is 1. The average Bonchev–Trinajstić information content (AvgIpc) is 3.04. The van der Waals surface area contributed by atoms with E-state index in [1.165, 1.54) is 11.3 Å². The number of aromatic nitrogens is 1. The number of sulfone groups is 1. The normalized spacial score (nSPS) is 16.8. The lowest BCUT2D eigenvalue weighted by Gasteiger charge is -2.22. The minimum Gasteiger partial charge on any atom is -0.395 e. The van der Waals surface area contributed by atoms with Crippen LogP contribution in [0, 0.1) is 0 Å². The lowest BCUT2D eigenvalue weighted by molar-refractivity contribution is -0.112. The van der Waals surface area contributed by atoms with Crippen LogP contribution in [0.4, 0.5) is 5.13 Å². The fraction of sp³-hybridized carbons (Fsp3) is 0.600. The maximum absolute atomic E-state index is 12.5. The van der Waals surface area contributed by atoms with Gasteiger partial charge in [-0.2, -0.15) is 0 Å². The molecule has 24 heavy (non-hydrogen) atoms. The first-order chi connectivity index (χ1) is 11.2. The van der Waals surface area contributed by atoms with Gasteiger partial charge in [0.15, 0.2) is 15.0 Å². The zero-order valence-electron chi connectivity index (χ0n) is 13.7. The largest absolute Gasteiger partial charge is 0.395 e. The molecule has 0 saturated carbocycles. The molecule has 1 saturated heterocycles. The van der Waals surface area contributed by atoms with Crippen LogP contribution in [-0.4, -0.2) is 49.5 Å². The van der Waals surface area contributed by atoms with Gasteiger partial charge in [-0.3, -0.25) is 10.1 Å². The van der Waals surface area contributed by atoms with Crippen molar-refractivity contribution in [3.8, 4) is 0 Å². The molecule has 0 aliphatic carbocycles. The van der Waals surface area contributed by atoms with Gasteiger partial charge >= 0.3 is 0 Å². The van der Waals surface area contributed by atoms with Crippen molar-refractivity contribution in [1.29, 1.82) is 0 Å². The summed E-state index contributed by atoms with van der Waals surface area (Å²) in [7, 11) is -3.76. The molecule has 1 aromatic rings. The van der Waals surface area contributed by atoms with Gasteiger partial charge in [-0.15, -0.1) is 11.3 Å². The first-order valence-corrected chi connectivity index (χ1v) is 10.00. The summed E-state index contributed by atoms with van der Waals surface area (Å²) in [5.41, 5.74) is 0.0909. The number of carbonyl (C=O) groups excluding carboxylic acids is 1. The monoisotopic (exact) mass is 374 g/mol. The highest BCUT2D eigenvalue weighted by Gasteiger charge is 2.34. The number of carbonyl (C=O) groups is 1. The number of aliphatic hydroxyl groups is 1. The molecule has 1 aliphatic heterocycles. The van der Waals surface area contributed by atoms with Gasteiger partial charge in [-0.25, -0.2) is 13.4 Å². The molecule has 0 radical (unpaired) electrons. The van der Waals surface area contributed by atoms with Crippen LogP contribution in [0.15, 0.2) is 16.9 Å². The minimum absolute atomic E-state index is 0.0883. The van der Waals surface area contributed by atoms with E-state index in [1.807, 2.05) is 13.8 Å². The second-order valence-corrected chi connectivity index (χ2v) is 9.42. The van der Waals surface area contributed by atoms with Gasteiger partial charge in [0.25, 0.3) is 5.91 Å². The Hall–Kier alpha value is -1.29. The summed E-state index contributed by atoms with van der Waals surface area (Å²) in [6, 6.07) is 0. The topological polar surface area (TPSA) is 106 Å². The van der Waals surface area contributed by atoms with Crippen LogP contribution in [0.2, 0.25) is 0 Å². The van der Waals surface area contributed by atoms with Gasteiger partial charge < -0.3 is 9.84 Å². The van der Waals surface area contributed by atoms with E-state index in [2.05, 4.69) is 16.9 Å². The summed E-state index contributed by atoms with van der Waals surface area (Å²) in [6.45, 7) is 7.75. The smallest absolute Gasteiger partial charge is 0.268 e. The van der Waals surface area contributed by atoms with Crippen molar-refractivity contribution in [2.24, 2.45) is 0 Å². The Balaban J connectivity index is 2.08. The third-order valence-corrected chi connectivity index (χ3v) is 7.00. The van der Waals surface area contributed by atoms with Crippen LogP contribution in [0.1, 0.15) is 32.4 Å². The summed E-state index contributed by atoms with van der Waals surface area (Å²) in [6.07, 6.45) is 0.724. The Bertz CT molecular complexity index is 718. The third-order valence-electron chi connectivity index (χ3n) is 4.02. The number of ether oxygens (including phenoxy) is 1. The minimum atomic E-state index is -3.76. The molecule has 1 fully saturated rings. The molecule has 134 valence electrons. The Kier molecular flexibility index (Phi) is 5.79. The van der Waals surface area contributed by atoms with Gasteiger partial charge in [0.05, 0.1) is 17.6 Å². The van der Waals surface area contributed by atoms with E-state index in [0.29, 0.717) is 31.7 Å². The number of aliphatic hydroxyl groups excluding tert-OH is 1. The van der Waals surface area contributed by atoms with Crippen LogP contribution >= 0.6 is 11.3 Å². The number of hydrogen-bond acceptors (Lipinski definition) is 7. The predicted octanol–water partition coefficient (Wildman–Crippen LogP) is 1.46. The molecular formula is C15H22N2O5S2. The zero-order chi connectivity index (χ0) is 18.0. The van der Waals surface area contributed by atoms with Crippen molar-refractivity contribution in [2.75, 3.05) is 25.1 Å². The molecule has 0 aromatic carbocycles. The molecular weight excluding hydrogens is 352 g/mol. The van der Waals surface area contributed by atoms with Crippen molar-refractivity contribution in [3.63, 3.8) is 0 Å². The molecule has 0 unspecified atom stereocenters. The van der Waals surface area contributed by atoms with E-state index in [-0.39, 0.29) is 11.7 Å². The molecule has 0 atom stereocenters. The van der Waals surface area contributed by atoms with Gasteiger partial charge in [-0.1, -0.05) is 20.4 Å². The number of thiazole rings is 1. The predicted molar refractivity (Wildman–Crippen MR) is 92.8 cm³/mol. The van der Waals surface area contributed by atoms with Crippen molar-refractivity contribution in [2.45, 2.75) is 37.4 Å². The quantitative estimate of drug-likeness (QED) is 0.730. The Morgan fingerprint density at radius 1 is 1.50 bits per heavy atom. The number of nitrogens with one attached hydrogen (secondary N) is 1. The Labute approximate surface area is 145 Å². The Morgan fingerprint density at radius 2 is 2.12 bits per heavy atom. The molecule has 9 heteroatoms. The second-order valence-electron chi connectivity index (χ2n) is 6.31. The average molecular weight is 374 g/mol. The van der Waals surface area contributed by atoms with E-state index in [1.54, 1.807) is 5.38 Å². The van der Waals surface area contributed by atoms with Crippen LogP contribution in [0.5, 0.6) is 0 Å². The molecule has 1 aliphatic rings. The zero-order valence-corrected chi connectivity index (χ0v) is 15.4. The van der Waals surface area contributed by atoms with Gasteiger partial charge in [0, 0.05) is 24.0 Å². The summed E-state index contributed by atoms with van der Waals surface area (Å²) < 4.78 is 30.1. The highest BCUT2D eigenvalue weighted by Crippen LogP contribution is 2.28. The molecule has 0 spiro atoms. The molecule has 1 aromatic heterocycles. The summed E-state index contributed by atoms with van der Waals surface area (Å²) >= 11 is 1.17. The van der Waals surface area contributed by atoms with Crippen LogP contribution in [0.25, 0.3) is 0 Å². The molecule has 2 N–H and O–H groups in total. The van der Waals surface area contributed by atoms with E-state index in [4.69, 9.17) is 4.74 Å². The first kappa shape index (κ1) is 19.0. The number of rotatable bonds is 6. The lowest BCUT2D eigenvalue weighted by atomic mass is 9.92. The van der Waals surface area contributed by atoms with Crippen molar-refractivity contribution < 1.29 is 23.1 Å². The van der Waals surface area contributed by atoms with Crippen molar-refractivity contribution in [3.05, 3.63) is 22.6 Å². The highest BCUT2D eigenvalue weighted by atomic mass is 32.2. The molecule has 7 nitrogen and oxygen atoms in total. The molecule has 2 heterocycles. The summed E-state index contributed by atoms with van der Waals surface area (Å²) in [5.74, 6) is -0.774. The second kappa shape index (κ2) is 7.30. The van der Waals surface area contributed by atoms with Crippen molar-refractivity contribution in [1.82, 2.24) is 4.98 Å². The van der Waals surface area contributed by atoms with Gasteiger partial charge in [0.2, 0.25) is 0 Å². The van der Waals surface area contributed by atoms with Crippen molar-refractivity contribution >= 4 is 32.2 Å². The van der Waals surface area contributed by atoms with Gasteiger partial charge in [-0.05, 0) is 12.8 Å². The lowest BCUT2D eigenvalue weighted by Crippen LogP contribution is -2.33. The highest BCUT2D eigenvalue weighted by molar-refractivity contribution is 7.96. The molecule has 2 rings (SSSR count).